The highest BCUT2D eigenvalue weighted by Crippen LogP contribution is 2.28. The van der Waals surface area contributed by atoms with E-state index in [0.717, 1.165) is 25.3 Å². The van der Waals surface area contributed by atoms with Crippen molar-refractivity contribution in [1.82, 2.24) is 14.7 Å². The lowest BCUT2D eigenvalue weighted by Gasteiger charge is -2.20. The average molecular weight is 293 g/mol. The molecule has 1 aliphatic carbocycles. The monoisotopic (exact) mass is 293 g/mol. The van der Waals surface area contributed by atoms with Gasteiger partial charge in [0.1, 0.15) is 0 Å². The molecule has 1 heterocycles. The Balaban J connectivity index is 1.89. The average Bonchev–Trinajstić information content (AvgIpc) is 3.12. The summed E-state index contributed by atoms with van der Waals surface area (Å²) in [6.45, 7) is 3.08. The van der Waals surface area contributed by atoms with E-state index in [1.165, 1.54) is 25.7 Å². The summed E-state index contributed by atoms with van der Waals surface area (Å²) in [6, 6.07) is 2.69. The number of ether oxygens (including phenoxy) is 1. The molecule has 0 radical (unpaired) electrons. The standard InChI is InChI=1S/C15H27N5O/c1-21-11-10-19(8-7-15(16)17)12-13-6-9-20(18-13)14-4-2-3-5-14/h6,9,14H,2-5,7-8,10-12H2,1H3,(H3,16,17). The van der Waals surface area contributed by atoms with Crippen LogP contribution in [-0.4, -0.2) is 47.3 Å². The first-order chi connectivity index (χ1) is 10.2. The normalized spacial score (nSPS) is 15.9. The van der Waals surface area contributed by atoms with Gasteiger partial charge < -0.3 is 10.5 Å². The van der Waals surface area contributed by atoms with Gasteiger partial charge in [-0.05, 0) is 18.9 Å². The summed E-state index contributed by atoms with van der Waals surface area (Å²) in [5.41, 5.74) is 6.54. The van der Waals surface area contributed by atoms with E-state index >= 15 is 0 Å². The van der Waals surface area contributed by atoms with Gasteiger partial charge in [-0.1, -0.05) is 12.8 Å². The highest BCUT2D eigenvalue weighted by molar-refractivity contribution is 5.76. The van der Waals surface area contributed by atoms with Gasteiger partial charge in [0.05, 0.1) is 24.2 Å². The lowest BCUT2D eigenvalue weighted by atomic mass is 10.3. The lowest BCUT2D eigenvalue weighted by Crippen LogP contribution is -2.30. The quantitative estimate of drug-likeness (QED) is 0.537. The van der Waals surface area contributed by atoms with E-state index < -0.39 is 0 Å². The fourth-order valence-corrected chi connectivity index (χ4v) is 2.83. The topological polar surface area (TPSA) is 80.2 Å². The fourth-order valence-electron chi connectivity index (χ4n) is 2.83. The first-order valence-electron chi connectivity index (χ1n) is 7.77. The maximum absolute atomic E-state index is 7.36. The van der Waals surface area contributed by atoms with Crippen LogP contribution in [0.4, 0.5) is 0 Å². The number of aromatic nitrogens is 2. The van der Waals surface area contributed by atoms with Crippen molar-refractivity contribution in [2.75, 3.05) is 26.8 Å². The van der Waals surface area contributed by atoms with Crippen molar-refractivity contribution in [2.45, 2.75) is 44.7 Å². The van der Waals surface area contributed by atoms with E-state index in [2.05, 4.69) is 21.8 Å². The summed E-state index contributed by atoms with van der Waals surface area (Å²) in [7, 11) is 1.71. The molecule has 1 saturated carbocycles. The molecule has 2 rings (SSSR count). The molecule has 6 heteroatoms. The molecule has 3 N–H and O–H groups in total. The molecule has 0 saturated heterocycles. The fraction of sp³-hybridized carbons (Fsp3) is 0.733. The maximum Gasteiger partial charge on any atom is 0.0918 e. The minimum atomic E-state index is 0.230. The molecule has 1 aromatic rings. The van der Waals surface area contributed by atoms with Crippen LogP contribution in [0.2, 0.25) is 0 Å². The van der Waals surface area contributed by atoms with Gasteiger partial charge >= 0.3 is 0 Å². The number of rotatable bonds is 9. The SMILES string of the molecule is COCCN(CCC(=N)N)Cc1ccn(C2CCCC2)n1. The van der Waals surface area contributed by atoms with Crippen molar-refractivity contribution in [3.05, 3.63) is 18.0 Å². The molecular weight excluding hydrogens is 266 g/mol. The Morgan fingerprint density at radius 1 is 1.48 bits per heavy atom. The first-order valence-corrected chi connectivity index (χ1v) is 7.77. The van der Waals surface area contributed by atoms with Gasteiger partial charge in [0.25, 0.3) is 0 Å². The van der Waals surface area contributed by atoms with Gasteiger partial charge in [0.15, 0.2) is 0 Å². The Labute approximate surface area is 126 Å². The molecule has 0 aromatic carbocycles. The predicted octanol–water partition coefficient (Wildman–Crippen LogP) is 1.77. The summed E-state index contributed by atoms with van der Waals surface area (Å²) in [5, 5.41) is 12.1. The van der Waals surface area contributed by atoms with Crippen LogP contribution in [0.3, 0.4) is 0 Å². The molecule has 0 aliphatic heterocycles. The zero-order chi connectivity index (χ0) is 15.1. The summed E-state index contributed by atoms with van der Waals surface area (Å²) in [5.74, 6) is 0.230. The number of methoxy groups -OCH3 is 1. The van der Waals surface area contributed by atoms with Crippen LogP contribution in [0.15, 0.2) is 12.3 Å². The second kappa shape index (κ2) is 8.14. The van der Waals surface area contributed by atoms with E-state index in [-0.39, 0.29) is 5.84 Å². The molecular formula is C15H27N5O. The number of hydrogen-bond donors (Lipinski definition) is 2. The molecule has 1 aliphatic rings. The second-order valence-electron chi connectivity index (χ2n) is 5.77. The third-order valence-electron chi connectivity index (χ3n) is 4.06. The minimum absolute atomic E-state index is 0.230. The van der Waals surface area contributed by atoms with Crippen molar-refractivity contribution in [1.29, 1.82) is 5.41 Å². The number of nitrogens with two attached hydrogens (primary N) is 1. The molecule has 0 bridgehead atoms. The van der Waals surface area contributed by atoms with Gasteiger partial charge in [-0.25, -0.2) is 0 Å². The highest BCUT2D eigenvalue weighted by atomic mass is 16.5. The lowest BCUT2D eigenvalue weighted by molar-refractivity contribution is 0.144. The molecule has 21 heavy (non-hydrogen) atoms. The van der Waals surface area contributed by atoms with Gasteiger partial charge in [-0.3, -0.25) is 15.0 Å². The molecule has 0 atom stereocenters. The second-order valence-corrected chi connectivity index (χ2v) is 5.77. The molecule has 0 amide bonds. The van der Waals surface area contributed by atoms with Gasteiger partial charge in [0.2, 0.25) is 0 Å². The van der Waals surface area contributed by atoms with Crippen molar-refractivity contribution in [2.24, 2.45) is 5.73 Å². The van der Waals surface area contributed by atoms with Crippen LogP contribution in [0.25, 0.3) is 0 Å². The Kier molecular flexibility index (Phi) is 6.20. The van der Waals surface area contributed by atoms with Crippen LogP contribution in [-0.2, 0) is 11.3 Å². The Morgan fingerprint density at radius 2 is 2.24 bits per heavy atom. The Hall–Kier alpha value is -1.40. The van der Waals surface area contributed by atoms with E-state index in [1.807, 2.05) is 0 Å². The predicted molar refractivity (Wildman–Crippen MR) is 83.4 cm³/mol. The van der Waals surface area contributed by atoms with E-state index in [9.17, 15) is 0 Å². The summed E-state index contributed by atoms with van der Waals surface area (Å²) in [4.78, 5) is 2.24. The third kappa shape index (κ3) is 5.13. The maximum atomic E-state index is 7.36. The van der Waals surface area contributed by atoms with E-state index in [1.54, 1.807) is 7.11 Å². The van der Waals surface area contributed by atoms with Crippen LogP contribution in [0, 0.1) is 5.41 Å². The van der Waals surface area contributed by atoms with E-state index in [0.29, 0.717) is 19.1 Å². The van der Waals surface area contributed by atoms with Crippen LogP contribution >= 0.6 is 0 Å². The largest absolute Gasteiger partial charge is 0.388 e. The van der Waals surface area contributed by atoms with Crippen molar-refractivity contribution in [3.63, 3.8) is 0 Å². The molecule has 1 aromatic heterocycles. The summed E-state index contributed by atoms with van der Waals surface area (Å²) < 4.78 is 7.28. The highest BCUT2D eigenvalue weighted by Gasteiger charge is 2.18. The number of amidine groups is 1. The molecule has 0 spiro atoms. The van der Waals surface area contributed by atoms with Crippen LogP contribution < -0.4 is 5.73 Å². The van der Waals surface area contributed by atoms with Crippen molar-refractivity contribution in [3.8, 4) is 0 Å². The Bertz CT molecular complexity index is 439. The zero-order valence-electron chi connectivity index (χ0n) is 12.9. The molecule has 6 nitrogen and oxygen atoms in total. The van der Waals surface area contributed by atoms with Gasteiger partial charge in [0, 0.05) is 39.4 Å². The third-order valence-corrected chi connectivity index (χ3v) is 4.06. The Morgan fingerprint density at radius 3 is 2.90 bits per heavy atom. The first kappa shape index (κ1) is 16.0. The van der Waals surface area contributed by atoms with Crippen molar-refractivity contribution < 1.29 is 4.74 Å². The minimum Gasteiger partial charge on any atom is -0.388 e. The molecule has 118 valence electrons. The number of hydrogen-bond acceptors (Lipinski definition) is 4. The van der Waals surface area contributed by atoms with E-state index in [4.69, 9.17) is 21.0 Å². The van der Waals surface area contributed by atoms with Crippen LogP contribution in [0.5, 0.6) is 0 Å². The molecule has 1 fully saturated rings. The number of nitrogens with one attached hydrogen (secondary N) is 1. The number of nitrogens with zero attached hydrogens (tertiary/aromatic N) is 3. The summed E-state index contributed by atoms with van der Waals surface area (Å²) >= 11 is 0. The van der Waals surface area contributed by atoms with Crippen molar-refractivity contribution >= 4 is 5.84 Å². The van der Waals surface area contributed by atoms with Crippen LogP contribution in [0.1, 0.15) is 43.8 Å². The zero-order valence-corrected chi connectivity index (χ0v) is 12.9. The van der Waals surface area contributed by atoms with Gasteiger partial charge in [-0.15, -0.1) is 0 Å². The molecule has 0 unspecified atom stereocenters. The van der Waals surface area contributed by atoms with Gasteiger partial charge in [-0.2, -0.15) is 5.10 Å². The summed E-state index contributed by atoms with van der Waals surface area (Å²) in [6.07, 6.45) is 7.83. The smallest absolute Gasteiger partial charge is 0.0918 e.